The van der Waals surface area contributed by atoms with Crippen LogP contribution >= 0.6 is 0 Å². The van der Waals surface area contributed by atoms with Gasteiger partial charge in [0.05, 0.1) is 23.6 Å². The summed E-state index contributed by atoms with van der Waals surface area (Å²) < 4.78 is 2.03. The highest BCUT2D eigenvalue weighted by Gasteiger charge is 2.15. The average molecular weight is 258 g/mol. The molecule has 0 fully saturated rings. The Labute approximate surface area is 114 Å². The lowest BCUT2D eigenvalue weighted by atomic mass is 10.2. The standard InChI is InChI=1S/C15H22N4/c1-3-13-15(17-12-8-6-5-7-9-12)14(4-2)19(18-13)11-10-16/h5-9,17H,3-4,10-11,16H2,1-2H3. The van der Waals surface area contributed by atoms with Crippen molar-refractivity contribution in [3.05, 3.63) is 41.7 Å². The Balaban J connectivity index is 2.37. The zero-order chi connectivity index (χ0) is 13.7. The van der Waals surface area contributed by atoms with Crippen LogP contribution in [0.5, 0.6) is 0 Å². The number of anilines is 2. The Kier molecular flexibility index (Phi) is 4.58. The molecule has 3 N–H and O–H groups in total. The lowest BCUT2D eigenvalue weighted by molar-refractivity contribution is 0.590. The third-order valence-electron chi connectivity index (χ3n) is 3.18. The molecular formula is C15H22N4. The number of nitrogens with two attached hydrogens (primary N) is 1. The number of aryl methyl sites for hydroxylation is 1. The summed E-state index contributed by atoms with van der Waals surface area (Å²) in [4.78, 5) is 0. The summed E-state index contributed by atoms with van der Waals surface area (Å²) in [7, 11) is 0. The molecule has 0 amide bonds. The summed E-state index contributed by atoms with van der Waals surface area (Å²) in [5.41, 5.74) is 10.2. The first-order valence-electron chi connectivity index (χ1n) is 6.90. The first-order chi connectivity index (χ1) is 9.30. The van der Waals surface area contributed by atoms with Crippen LogP contribution in [0.2, 0.25) is 0 Å². The summed E-state index contributed by atoms with van der Waals surface area (Å²) in [5, 5.41) is 8.16. The Morgan fingerprint density at radius 3 is 2.47 bits per heavy atom. The third-order valence-corrected chi connectivity index (χ3v) is 3.18. The fraction of sp³-hybridized carbons (Fsp3) is 0.400. The second-order valence-electron chi connectivity index (χ2n) is 4.48. The summed E-state index contributed by atoms with van der Waals surface area (Å²) in [6.45, 7) is 5.67. The highest BCUT2D eigenvalue weighted by molar-refractivity contribution is 5.64. The molecule has 0 aliphatic rings. The van der Waals surface area contributed by atoms with Gasteiger partial charge in [-0.2, -0.15) is 5.10 Å². The number of nitrogens with zero attached hydrogens (tertiary/aromatic N) is 2. The predicted octanol–water partition coefficient (Wildman–Crippen LogP) is 2.71. The lowest BCUT2D eigenvalue weighted by Crippen LogP contribution is -2.13. The quantitative estimate of drug-likeness (QED) is 0.837. The monoisotopic (exact) mass is 258 g/mol. The van der Waals surface area contributed by atoms with Gasteiger partial charge >= 0.3 is 0 Å². The smallest absolute Gasteiger partial charge is 0.0859 e. The molecule has 4 heteroatoms. The van der Waals surface area contributed by atoms with Crippen LogP contribution in [0, 0.1) is 0 Å². The van der Waals surface area contributed by atoms with Crippen molar-refractivity contribution in [1.82, 2.24) is 9.78 Å². The van der Waals surface area contributed by atoms with E-state index in [2.05, 4.69) is 36.4 Å². The minimum absolute atomic E-state index is 0.614. The number of rotatable bonds is 6. The molecule has 1 heterocycles. The van der Waals surface area contributed by atoms with E-state index in [0.717, 1.165) is 36.5 Å². The molecule has 4 nitrogen and oxygen atoms in total. The van der Waals surface area contributed by atoms with Crippen molar-refractivity contribution in [2.24, 2.45) is 5.73 Å². The Morgan fingerprint density at radius 1 is 1.16 bits per heavy atom. The number of para-hydroxylation sites is 1. The van der Waals surface area contributed by atoms with Crippen molar-refractivity contribution in [2.45, 2.75) is 33.2 Å². The number of aromatic nitrogens is 2. The van der Waals surface area contributed by atoms with Crippen molar-refractivity contribution in [3.8, 4) is 0 Å². The SMILES string of the molecule is CCc1nn(CCN)c(CC)c1Nc1ccccc1. The highest BCUT2D eigenvalue weighted by Crippen LogP contribution is 2.26. The maximum atomic E-state index is 5.66. The van der Waals surface area contributed by atoms with Crippen molar-refractivity contribution < 1.29 is 0 Å². The molecule has 0 atom stereocenters. The van der Waals surface area contributed by atoms with Crippen LogP contribution in [0.25, 0.3) is 0 Å². The number of benzene rings is 1. The van der Waals surface area contributed by atoms with E-state index >= 15 is 0 Å². The van der Waals surface area contributed by atoms with Gasteiger partial charge in [0.1, 0.15) is 0 Å². The molecule has 0 unspecified atom stereocenters. The third kappa shape index (κ3) is 2.96. The predicted molar refractivity (Wildman–Crippen MR) is 79.8 cm³/mol. The second kappa shape index (κ2) is 6.38. The summed E-state index contributed by atoms with van der Waals surface area (Å²) >= 11 is 0. The minimum Gasteiger partial charge on any atom is -0.353 e. The summed E-state index contributed by atoms with van der Waals surface area (Å²) in [6.07, 6.45) is 1.86. The zero-order valence-electron chi connectivity index (χ0n) is 11.7. The molecule has 0 saturated carbocycles. The van der Waals surface area contributed by atoms with Crippen LogP contribution < -0.4 is 11.1 Å². The van der Waals surface area contributed by atoms with E-state index in [4.69, 9.17) is 5.73 Å². The molecular weight excluding hydrogens is 236 g/mol. The maximum absolute atomic E-state index is 5.66. The highest BCUT2D eigenvalue weighted by atomic mass is 15.3. The van der Waals surface area contributed by atoms with Gasteiger partial charge in [0.15, 0.2) is 0 Å². The fourth-order valence-electron chi connectivity index (χ4n) is 2.28. The van der Waals surface area contributed by atoms with Gasteiger partial charge in [0.25, 0.3) is 0 Å². The van der Waals surface area contributed by atoms with E-state index in [1.54, 1.807) is 0 Å². The zero-order valence-corrected chi connectivity index (χ0v) is 11.7. The van der Waals surface area contributed by atoms with Crippen LogP contribution in [0.1, 0.15) is 25.2 Å². The van der Waals surface area contributed by atoms with Gasteiger partial charge in [-0.1, -0.05) is 32.0 Å². The van der Waals surface area contributed by atoms with Gasteiger partial charge < -0.3 is 11.1 Å². The van der Waals surface area contributed by atoms with Gasteiger partial charge in [0, 0.05) is 12.2 Å². The van der Waals surface area contributed by atoms with E-state index in [9.17, 15) is 0 Å². The van der Waals surface area contributed by atoms with Gasteiger partial charge in [-0.25, -0.2) is 0 Å². The van der Waals surface area contributed by atoms with E-state index in [-0.39, 0.29) is 0 Å². The van der Waals surface area contributed by atoms with Crippen LogP contribution in [-0.2, 0) is 19.4 Å². The normalized spacial score (nSPS) is 10.7. The molecule has 19 heavy (non-hydrogen) atoms. The van der Waals surface area contributed by atoms with Crippen LogP contribution in [-0.4, -0.2) is 16.3 Å². The average Bonchev–Trinajstić information content (AvgIpc) is 2.77. The van der Waals surface area contributed by atoms with Crippen molar-refractivity contribution >= 4 is 11.4 Å². The fourth-order valence-corrected chi connectivity index (χ4v) is 2.28. The number of nitrogens with one attached hydrogen (secondary N) is 1. The molecule has 102 valence electrons. The van der Waals surface area contributed by atoms with Gasteiger partial charge in [-0.05, 0) is 25.0 Å². The molecule has 2 rings (SSSR count). The number of hydrogen-bond acceptors (Lipinski definition) is 3. The number of hydrogen-bond donors (Lipinski definition) is 2. The lowest BCUT2D eigenvalue weighted by Gasteiger charge is -2.09. The molecule has 2 aromatic rings. The molecule has 1 aromatic carbocycles. The molecule has 0 spiro atoms. The molecule has 1 aromatic heterocycles. The van der Waals surface area contributed by atoms with E-state index in [0.29, 0.717) is 6.54 Å². The topological polar surface area (TPSA) is 55.9 Å². The Morgan fingerprint density at radius 2 is 1.89 bits per heavy atom. The second-order valence-corrected chi connectivity index (χ2v) is 4.48. The van der Waals surface area contributed by atoms with E-state index in [1.165, 1.54) is 5.69 Å². The molecule has 0 aliphatic carbocycles. The van der Waals surface area contributed by atoms with Crippen LogP contribution in [0.4, 0.5) is 11.4 Å². The van der Waals surface area contributed by atoms with Crippen LogP contribution in [0.3, 0.4) is 0 Å². The van der Waals surface area contributed by atoms with E-state index < -0.39 is 0 Å². The molecule has 0 radical (unpaired) electrons. The van der Waals surface area contributed by atoms with Crippen molar-refractivity contribution in [3.63, 3.8) is 0 Å². The molecule has 0 bridgehead atoms. The first-order valence-corrected chi connectivity index (χ1v) is 6.90. The van der Waals surface area contributed by atoms with E-state index in [1.807, 2.05) is 22.9 Å². The van der Waals surface area contributed by atoms with Gasteiger partial charge in [-0.3, -0.25) is 4.68 Å². The first kappa shape index (κ1) is 13.6. The largest absolute Gasteiger partial charge is 0.353 e. The summed E-state index contributed by atoms with van der Waals surface area (Å²) in [5.74, 6) is 0. The van der Waals surface area contributed by atoms with Crippen molar-refractivity contribution in [2.75, 3.05) is 11.9 Å². The summed E-state index contributed by atoms with van der Waals surface area (Å²) in [6, 6.07) is 10.2. The maximum Gasteiger partial charge on any atom is 0.0859 e. The van der Waals surface area contributed by atoms with Crippen LogP contribution in [0.15, 0.2) is 30.3 Å². The van der Waals surface area contributed by atoms with Gasteiger partial charge in [0.2, 0.25) is 0 Å². The minimum atomic E-state index is 0.614. The molecule has 0 aliphatic heterocycles. The Hall–Kier alpha value is -1.81. The Bertz CT molecular complexity index is 516. The van der Waals surface area contributed by atoms with Gasteiger partial charge in [-0.15, -0.1) is 0 Å². The van der Waals surface area contributed by atoms with Crippen molar-refractivity contribution in [1.29, 1.82) is 0 Å². The molecule has 0 saturated heterocycles.